The van der Waals surface area contributed by atoms with E-state index in [-0.39, 0.29) is 5.02 Å². The Hall–Kier alpha value is -1.32. The van der Waals surface area contributed by atoms with Crippen molar-refractivity contribution in [2.75, 3.05) is 0 Å². The summed E-state index contributed by atoms with van der Waals surface area (Å²) in [4.78, 5) is 0. The van der Waals surface area contributed by atoms with Crippen LogP contribution in [0.4, 0.5) is 4.39 Å². The average Bonchev–Trinajstić information content (AvgIpc) is 2.67. The summed E-state index contributed by atoms with van der Waals surface area (Å²) < 4.78 is 17.8. The zero-order valence-corrected chi connectivity index (χ0v) is 8.41. The fraction of sp³-hybridized carbons (Fsp3) is 0.0909. The highest BCUT2D eigenvalue weighted by atomic mass is 35.5. The van der Waals surface area contributed by atoms with E-state index in [4.69, 9.17) is 16.0 Å². The highest BCUT2D eigenvalue weighted by Crippen LogP contribution is 2.25. The zero-order valence-electron chi connectivity index (χ0n) is 7.65. The first-order valence-electron chi connectivity index (χ1n) is 4.33. The molecule has 1 aromatic carbocycles. The highest BCUT2D eigenvalue weighted by Gasteiger charge is 2.13. The monoisotopic (exact) mass is 226 g/mol. The van der Waals surface area contributed by atoms with E-state index in [1.54, 1.807) is 6.07 Å². The van der Waals surface area contributed by atoms with Gasteiger partial charge in [0.1, 0.15) is 11.9 Å². The first kappa shape index (κ1) is 10.2. The van der Waals surface area contributed by atoms with Gasteiger partial charge in [-0.25, -0.2) is 4.39 Å². The van der Waals surface area contributed by atoms with Crippen molar-refractivity contribution in [2.45, 2.75) is 6.10 Å². The minimum atomic E-state index is -0.919. The Morgan fingerprint density at radius 2 is 2.07 bits per heavy atom. The second-order valence-electron chi connectivity index (χ2n) is 3.16. The molecule has 0 amide bonds. The normalized spacial score (nSPS) is 12.7. The van der Waals surface area contributed by atoms with E-state index in [1.807, 2.05) is 0 Å². The fourth-order valence-corrected chi connectivity index (χ4v) is 1.59. The summed E-state index contributed by atoms with van der Waals surface area (Å²) >= 11 is 5.68. The van der Waals surface area contributed by atoms with Crippen molar-refractivity contribution in [3.63, 3.8) is 0 Å². The molecule has 0 saturated heterocycles. The smallest absolute Gasteiger partial charge is 0.125 e. The number of aliphatic hydroxyl groups is 1. The van der Waals surface area contributed by atoms with Crippen molar-refractivity contribution in [2.24, 2.45) is 0 Å². The first-order chi connectivity index (χ1) is 7.16. The van der Waals surface area contributed by atoms with Crippen LogP contribution in [-0.4, -0.2) is 5.11 Å². The van der Waals surface area contributed by atoms with E-state index in [1.165, 1.54) is 30.7 Å². The third-order valence-electron chi connectivity index (χ3n) is 2.06. The number of halogens is 2. The number of hydrogen-bond donors (Lipinski definition) is 1. The van der Waals surface area contributed by atoms with Crippen LogP contribution in [0.2, 0.25) is 5.02 Å². The second kappa shape index (κ2) is 4.04. The van der Waals surface area contributed by atoms with Crippen LogP contribution in [0.5, 0.6) is 0 Å². The van der Waals surface area contributed by atoms with E-state index in [9.17, 15) is 9.50 Å². The van der Waals surface area contributed by atoms with Crippen molar-refractivity contribution in [1.82, 2.24) is 0 Å². The average molecular weight is 227 g/mol. The van der Waals surface area contributed by atoms with Crippen LogP contribution in [0.15, 0.2) is 41.2 Å². The molecule has 2 rings (SSSR count). The summed E-state index contributed by atoms with van der Waals surface area (Å²) in [6, 6.07) is 5.56. The standard InChI is InChI=1S/C11H8ClFO2/c12-9-3-8(4-10(13)5-9)11(14)7-1-2-15-6-7/h1-6,11,14H/t11-/m0/s1. The molecule has 0 spiro atoms. The molecule has 1 aromatic heterocycles. The van der Waals surface area contributed by atoms with Gasteiger partial charge in [0.15, 0.2) is 0 Å². The largest absolute Gasteiger partial charge is 0.472 e. The molecular formula is C11H8ClFO2. The Morgan fingerprint density at radius 1 is 1.27 bits per heavy atom. The van der Waals surface area contributed by atoms with Crippen LogP contribution in [0.25, 0.3) is 0 Å². The topological polar surface area (TPSA) is 33.4 Å². The Bertz CT molecular complexity index is 433. The van der Waals surface area contributed by atoms with Gasteiger partial charge in [0.05, 0.1) is 12.5 Å². The third-order valence-corrected chi connectivity index (χ3v) is 2.28. The van der Waals surface area contributed by atoms with Crippen molar-refractivity contribution in [3.05, 3.63) is 58.8 Å². The van der Waals surface area contributed by atoms with Crippen LogP contribution in [-0.2, 0) is 0 Å². The summed E-state index contributed by atoms with van der Waals surface area (Å²) in [5.74, 6) is -0.472. The number of furan rings is 1. The van der Waals surface area contributed by atoms with E-state index in [0.717, 1.165) is 0 Å². The number of hydrogen-bond acceptors (Lipinski definition) is 2. The molecule has 0 radical (unpaired) electrons. The minimum Gasteiger partial charge on any atom is -0.472 e. The van der Waals surface area contributed by atoms with Gasteiger partial charge in [-0.15, -0.1) is 0 Å². The van der Waals surface area contributed by atoms with Crippen LogP contribution in [0, 0.1) is 5.82 Å². The molecular weight excluding hydrogens is 219 g/mol. The predicted molar refractivity (Wildman–Crippen MR) is 54.2 cm³/mol. The summed E-state index contributed by atoms with van der Waals surface area (Å²) in [7, 11) is 0. The third kappa shape index (κ3) is 2.19. The fourth-order valence-electron chi connectivity index (χ4n) is 1.36. The van der Waals surface area contributed by atoms with Crippen LogP contribution in [0.3, 0.4) is 0 Å². The van der Waals surface area contributed by atoms with Crippen LogP contribution in [0.1, 0.15) is 17.2 Å². The summed E-state index contributed by atoms with van der Waals surface area (Å²) in [5.41, 5.74) is 0.970. The maximum Gasteiger partial charge on any atom is 0.125 e. The maximum atomic E-state index is 13.0. The molecule has 0 aliphatic heterocycles. The van der Waals surface area contributed by atoms with Crippen molar-refractivity contribution < 1.29 is 13.9 Å². The molecule has 0 saturated carbocycles. The Morgan fingerprint density at radius 3 is 2.67 bits per heavy atom. The molecule has 15 heavy (non-hydrogen) atoms. The van der Waals surface area contributed by atoms with Gasteiger partial charge in [-0.2, -0.15) is 0 Å². The van der Waals surface area contributed by atoms with E-state index < -0.39 is 11.9 Å². The van der Waals surface area contributed by atoms with Gasteiger partial charge < -0.3 is 9.52 Å². The number of benzene rings is 1. The van der Waals surface area contributed by atoms with Gasteiger partial charge in [0, 0.05) is 10.6 Å². The molecule has 2 nitrogen and oxygen atoms in total. The number of aliphatic hydroxyl groups excluding tert-OH is 1. The maximum absolute atomic E-state index is 13.0. The lowest BCUT2D eigenvalue weighted by atomic mass is 10.0. The van der Waals surface area contributed by atoms with Crippen molar-refractivity contribution in [1.29, 1.82) is 0 Å². The van der Waals surface area contributed by atoms with Crippen LogP contribution >= 0.6 is 11.6 Å². The molecule has 78 valence electrons. The van der Waals surface area contributed by atoms with Gasteiger partial charge in [0.25, 0.3) is 0 Å². The van der Waals surface area contributed by atoms with Crippen molar-refractivity contribution in [3.8, 4) is 0 Å². The summed E-state index contributed by atoms with van der Waals surface area (Å²) in [5, 5.41) is 10.1. The van der Waals surface area contributed by atoms with E-state index in [0.29, 0.717) is 11.1 Å². The molecule has 1 N–H and O–H groups in total. The lowest BCUT2D eigenvalue weighted by molar-refractivity contribution is 0.219. The quantitative estimate of drug-likeness (QED) is 0.853. The SMILES string of the molecule is O[C@@H](c1ccoc1)c1cc(F)cc(Cl)c1. The lowest BCUT2D eigenvalue weighted by Crippen LogP contribution is -1.98. The molecule has 0 unspecified atom stereocenters. The lowest BCUT2D eigenvalue weighted by Gasteiger charge is -2.08. The van der Waals surface area contributed by atoms with Gasteiger partial charge in [-0.05, 0) is 29.8 Å². The highest BCUT2D eigenvalue weighted by molar-refractivity contribution is 6.30. The van der Waals surface area contributed by atoms with E-state index >= 15 is 0 Å². The molecule has 0 aliphatic carbocycles. The van der Waals surface area contributed by atoms with E-state index in [2.05, 4.69) is 0 Å². The molecule has 0 bridgehead atoms. The van der Waals surface area contributed by atoms with Gasteiger partial charge in [-0.3, -0.25) is 0 Å². The Balaban J connectivity index is 2.37. The van der Waals surface area contributed by atoms with Gasteiger partial charge in [0.2, 0.25) is 0 Å². The summed E-state index contributed by atoms with van der Waals surface area (Å²) in [6.07, 6.45) is 1.93. The Kier molecular flexibility index (Phi) is 2.75. The zero-order chi connectivity index (χ0) is 10.8. The predicted octanol–water partition coefficient (Wildman–Crippen LogP) is 3.15. The Labute approximate surface area is 90.9 Å². The summed E-state index contributed by atoms with van der Waals surface area (Å²) in [6.45, 7) is 0. The van der Waals surface area contributed by atoms with Gasteiger partial charge >= 0.3 is 0 Å². The molecule has 1 atom stereocenters. The minimum absolute atomic E-state index is 0.257. The van der Waals surface area contributed by atoms with Crippen molar-refractivity contribution >= 4 is 11.6 Å². The molecule has 0 fully saturated rings. The second-order valence-corrected chi connectivity index (χ2v) is 3.60. The van der Waals surface area contributed by atoms with Crippen LogP contribution < -0.4 is 0 Å². The molecule has 2 aromatic rings. The number of rotatable bonds is 2. The van der Waals surface area contributed by atoms with Gasteiger partial charge in [-0.1, -0.05) is 11.6 Å². The molecule has 4 heteroatoms. The first-order valence-corrected chi connectivity index (χ1v) is 4.71. The molecule has 0 aliphatic rings. The molecule has 1 heterocycles.